The van der Waals surface area contributed by atoms with Crippen molar-refractivity contribution in [2.24, 2.45) is 0 Å². The molecule has 8 heteroatoms. The maximum atomic E-state index is 13.1. The first-order valence-corrected chi connectivity index (χ1v) is 13.1. The molecular weight excluding hydrogens is 529 g/mol. The number of carbonyl (C=O) groups is 2. The van der Waals surface area contributed by atoms with E-state index in [2.05, 4.69) is 0 Å². The average Bonchev–Trinajstić information content (AvgIpc) is 3.16. The number of halogens is 2. The molecule has 1 aliphatic rings. The molecule has 0 aliphatic carbocycles. The topological polar surface area (TPSA) is 55.8 Å². The van der Waals surface area contributed by atoms with Crippen LogP contribution >= 0.6 is 35.0 Å². The van der Waals surface area contributed by atoms with Crippen LogP contribution in [0, 0.1) is 0 Å². The Bertz CT molecular complexity index is 1500. The Hall–Kier alpha value is -3.45. The Balaban J connectivity index is 1.30. The molecule has 0 radical (unpaired) electrons. The van der Waals surface area contributed by atoms with Crippen LogP contribution < -0.4 is 9.47 Å². The molecule has 1 aliphatic heterocycles. The quantitative estimate of drug-likeness (QED) is 0.209. The number of hydrogen-bond acceptors (Lipinski definition) is 5. The van der Waals surface area contributed by atoms with Gasteiger partial charge in [-0.2, -0.15) is 0 Å². The predicted octanol–water partition coefficient (Wildman–Crippen LogP) is 7.84. The molecule has 186 valence electrons. The number of benzene rings is 4. The van der Waals surface area contributed by atoms with E-state index < -0.39 is 5.91 Å². The smallest absolute Gasteiger partial charge is 0.293 e. The van der Waals surface area contributed by atoms with Gasteiger partial charge in [-0.25, -0.2) is 0 Å². The maximum Gasteiger partial charge on any atom is 0.293 e. The lowest BCUT2D eigenvalue weighted by atomic mass is 10.1. The van der Waals surface area contributed by atoms with Crippen molar-refractivity contribution in [3.8, 4) is 11.5 Å². The lowest BCUT2D eigenvalue weighted by molar-refractivity contribution is -0.123. The third kappa shape index (κ3) is 5.77. The first kappa shape index (κ1) is 25.2. The molecule has 0 saturated carbocycles. The molecule has 0 unspecified atom stereocenters. The molecule has 0 aromatic heterocycles. The summed E-state index contributed by atoms with van der Waals surface area (Å²) in [5.41, 5.74) is 1.48. The van der Waals surface area contributed by atoms with Crippen LogP contribution in [0.4, 0.5) is 4.79 Å². The van der Waals surface area contributed by atoms with Gasteiger partial charge in [0.05, 0.1) is 16.5 Å². The molecule has 0 atom stereocenters. The Kier molecular flexibility index (Phi) is 7.70. The minimum absolute atomic E-state index is 0.124. The van der Waals surface area contributed by atoms with E-state index in [0.717, 1.165) is 28.1 Å². The van der Waals surface area contributed by atoms with E-state index in [1.165, 1.54) is 4.90 Å². The second-order valence-electron chi connectivity index (χ2n) is 8.24. The summed E-state index contributed by atoms with van der Waals surface area (Å²) in [6, 6.07) is 26.5. The predicted molar refractivity (Wildman–Crippen MR) is 149 cm³/mol. The standard InChI is InChI=1S/C29H21Cl2NO4S/c30-22-15-21(27(24(31)17-22)36-18-19-7-2-1-3-8-19)16-26-28(33)32(29(34)37-26)13-14-35-25-12-6-10-20-9-4-5-11-23(20)25/h1-12,15-17H,13-14,18H2/b26-16-. The number of ether oxygens (including phenoxy) is 2. The molecule has 1 heterocycles. The number of thioether (sulfide) groups is 1. The first-order chi connectivity index (χ1) is 18.0. The summed E-state index contributed by atoms with van der Waals surface area (Å²) in [6.45, 7) is 0.586. The number of imide groups is 1. The molecule has 0 spiro atoms. The van der Waals surface area contributed by atoms with E-state index >= 15 is 0 Å². The molecule has 2 amide bonds. The van der Waals surface area contributed by atoms with Gasteiger partial charge in [0.1, 0.15) is 24.7 Å². The summed E-state index contributed by atoms with van der Waals surface area (Å²) in [4.78, 5) is 27.2. The minimum atomic E-state index is -0.401. The van der Waals surface area contributed by atoms with E-state index in [9.17, 15) is 9.59 Å². The van der Waals surface area contributed by atoms with Crippen LogP contribution in [-0.2, 0) is 11.4 Å². The molecule has 1 fully saturated rings. The molecule has 4 aromatic carbocycles. The van der Waals surface area contributed by atoms with E-state index in [4.69, 9.17) is 32.7 Å². The van der Waals surface area contributed by atoms with Gasteiger partial charge < -0.3 is 9.47 Å². The zero-order chi connectivity index (χ0) is 25.8. The zero-order valence-electron chi connectivity index (χ0n) is 19.5. The molecule has 5 nitrogen and oxygen atoms in total. The molecule has 0 bridgehead atoms. The molecule has 37 heavy (non-hydrogen) atoms. The molecular formula is C29H21Cl2NO4S. The van der Waals surface area contributed by atoms with Gasteiger partial charge in [-0.15, -0.1) is 0 Å². The largest absolute Gasteiger partial charge is 0.491 e. The van der Waals surface area contributed by atoms with Crippen LogP contribution in [0.25, 0.3) is 16.8 Å². The fourth-order valence-corrected chi connectivity index (χ4v) is 5.39. The van der Waals surface area contributed by atoms with Gasteiger partial charge in [0.25, 0.3) is 11.1 Å². The maximum absolute atomic E-state index is 13.1. The monoisotopic (exact) mass is 549 g/mol. The highest BCUT2D eigenvalue weighted by molar-refractivity contribution is 8.18. The summed E-state index contributed by atoms with van der Waals surface area (Å²) in [6.07, 6.45) is 1.59. The third-order valence-corrected chi connectivity index (χ3v) is 7.15. The highest BCUT2D eigenvalue weighted by Gasteiger charge is 2.35. The number of carbonyl (C=O) groups excluding carboxylic acids is 2. The van der Waals surface area contributed by atoms with Gasteiger partial charge >= 0.3 is 0 Å². The highest BCUT2D eigenvalue weighted by Crippen LogP contribution is 2.38. The van der Waals surface area contributed by atoms with Crippen molar-refractivity contribution < 1.29 is 19.1 Å². The fourth-order valence-electron chi connectivity index (χ4n) is 3.97. The number of hydrogen-bond donors (Lipinski definition) is 0. The Morgan fingerprint density at radius 3 is 2.46 bits per heavy atom. The number of fused-ring (bicyclic) bond motifs is 1. The number of amides is 2. The Morgan fingerprint density at radius 2 is 1.62 bits per heavy atom. The number of nitrogens with zero attached hydrogens (tertiary/aromatic N) is 1. The van der Waals surface area contributed by atoms with Crippen molar-refractivity contribution in [1.29, 1.82) is 0 Å². The summed E-state index contributed by atoms with van der Waals surface area (Å²) in [7, 11) is 0. The van der Waals surface area contributed by atoms with Crippen LogP contribution in [0.1, 0.15) is 11.1 Å². The summed E-state index contributed by atoms with van der Waals surface area (Å²) in [5, 5.41) is 2.38. The van der Waals surface area contributed by atoms with E-state index in [1.54, 1.807) is 18.2 Å². The van der Waals surface area contributed by atoms with Crippen LogP contribution in [0.5, 0.6) is 11.5 Å². The van der Waals surface area contributed by atoms with Crippen LogP contribution in [-0.4, -0.2) is 29.2 Å². The Morgan fingerprint density at radius 1 is 0.865 bits per heavy atom. The van der Waals surface area contributed by atoms with Crippen molar-refractivity contribution in [2.75, 3.05) is 13.2 Å². The van der Waals surface area contributed by atoms with Crippen molar-refractivity contribution in [3.05, 3.63) is 111 Å². The van der Waals surface area contributed by atoms with Crippen LogP contribution in [0.2, 0.25) is 10.0 Å². The molecule has 1 saturated heterocycles. The van der Waals surface area contributed by atoms with Gasteiger partial charge in [-0.05, 0) is 47.0 Å². The second kappa shape index (κ2) is 11.3. The fraction of sp³-hybridized carbons (Fsp3) is 0.103. The minimum Gasteiger partial charge on any atom is -0.491 e. The lowest BCUT2D eigenvalue weighted by Crippen LogP contribution is -2.32. The summed E-state index contributed by atoms with van der Waals surface area (Å²) < 4.78 is 11.9. The zero-order valence-corrected chi connectivity index (χ0v) is 21.9. The lowest BCUT2D eigenvalue weighted by Gasteiger charge is -2.14. The summed E-state index contributed by atoms with van der Waals surface area (Å²) >= 11 is 13.5. The van der Waals surface area contributed by atoms with E-state index in [1.807, 2.05) is 72.8 Å². The van der Waals surface area contributed by atoms with Crippen molar-refractivity contribution in [3.63, 3.8) is 0 Å². The van der Waals surface area contributed by atoms with E-state index in [0.29, 0.717) is 27.1 Å². The Labute approximate surface area is 228 Å². The second-order valence-corrected chi connectivity index (χ2v) is 10.1. The number of rotatable bonds is 8. The third-order valence-electron chi connectivity index (χ3n) is 5.75. The normalized spacial score (nSPS) is 14.5. The van der Waals surface area contributed by atoms with Crippen molar-refractivity contribution in [1.82, 2.24) is 4.90 Å². The SMILES string of the molecule is O=C1S/C(=C\c2cc(Cl)cc(Cl)c2OCc2ccccc2)C(=O)N1CCOc1cccc2ccccc12. The van der Waals surface area contributed by atoms with Gasteiger partial charge in [-0.1, -0.05) is 89.9 Å². The highest BCUT2D eigenvalue weighted by atomic mass is 35.5. The molecule has 5 rings (SSSR count). The van der Waals surface area contributed by atoms with Gasteiger partial charge in [-0.3, -0.25) is 14.5 Å². The molecule has 0 N–H and O–H groups in total. The van der Waals surface area contributed by atoms with Crippen molar-refractivity contribution >= 4 is 63.0 Å². The van der Waals surface area contributed by atoms with Gasteiger partial charge in [0.2, 0.25) is 0 Å². The van der Waals surface area contributed by atoms with Crippen LogP contribution in [0.15, 0.2) is 89.8 Å². The van der Waals surface area contributed by atoms with Gasteiger partial charge in [0.15, 0.2) is 0 Å². The van der Waals surface area contributed by atoms with E-state index in [-0.39, 0.29) is 29.9 Å². The van der Waals surface area contributed by atoms with Gasteiger partial charge in [0, 0.05) is 16.0 Å². The van der Waals surface area contributed by atoms with Crippen LogP contribution in [0.3, 0.4) is 0 Å². The molecule has 4 aromatic rings. The summed E-state index contributed by atoms with van der Waals surface area (Å²) in [5.74, 6) is 0.692. The average molecular weight is 550 g/mol. The first-order valence-electron chi connectivity index (χ1n) is 11.5. The van der Waals surface area contributed by atoms with Crippen molar-refractivity contribution in [2.45, 2.75) is 6.61 Å².